The van der Waals surface area contributed by atoms with Crippen molar-refractivity contribution < 1.29 is 0 Å². The number of rotatable bonds is 7. The van der Waals surface area contributed by atoms with E-state index in [0.29, 0.717) is 0 Å². The van der Waals surface area contributed by atoms with Gasteiger partial charge in [-0.05, 0) is 24.2 Å². The summed E-state index contributed by atoms with van der Waals surface area (Å²) in [7, 11) is 0. The molecule has 3 unspecified atom stereocenters. The van der Waals surface area contributed by atoms with E-state index in [1.54, 1.807) is 0 Å². The van der Waals surface area contributed by atoms with E-state index in [1.165, 1.54) is 44.9 Å². The van der Waals surface area contributed by atoms with Gasteiger partial charge in [-0.15, -0.1) is 0 Å². The first-order valence-corrected chi connectivity index (χ1v) is 7.44. The van der Waals surface area contributed by atoms with E-state index in [9.17, 15) is 0 Å². The molecule has 1 rings (SSSR count). The average molecular weight is 225 g/mol. The Hall–Kier alpha value is -0.0400. The molecule has 1 aliphatic rings. The van der Waals surface area contributed by atoms with E-state index in [0.717, 1.165) is 17.8 Å². The Bertz CT molecular complexity index is 188. The van der Waals surface area contributed by atoms with E-state index in [2.05, 4.69) is 27.7 Å². The summed E-state index contributed by atoms with van der Waals surface area (Å²) in [5.41, 5.74) is 6.90. The SMILES string of the molecule is CCCCCC1(N)C(CC)C(CC)[C@H]1CC. The maximum absolute atomic E-state index is 6.72. The molecule has 0 saturated heterocycles. The first-order valence-electron chi connectivity index (χ1n) is 7.44. The lowest BCUT2D eigenvalue weighted by atomic mass is 9.48. The van der Waals surface area contributed by atoms with Crippen LogP contribution in [-0.4, -0.2) is 5.54 Å². The van der Waals surface area contributed by atoms with Crippen molar-refractivity contribution in [3.8, 4) is 0 Å². The molecule has 0 radical (unpaired) electrons. The molecule has 0 aromatic heterocycles. The van der Waals surface area contributed by atoms with Gasteiger partial charge in [-0.1, -0.05) is 66.2 Å². The molecule has 96 valence electrons. The molecule has 1 saturated carbocycles. The molecule has 0 amide bonds. The van der Waals surface area contributed by atoms with Crippen molar-refractivity contribution in [2.24, 2.45) is 23.5 Å². The number of hydrogen-bond acceptors (Lipinski definition) is 1. The Labute approximate surface area is 102 Å². The minimum atomic E-state index is 0.180. The second kappa shape index (κ2) is 6.05. The molecule has 0 aromatic rings. The van der Waals surface area contributed by atoms with Gasteiger partial charge >= 0.3 is 0 Å². The maximum atomic E-state index is 6.72. The molecule has 1 heteroatoms. The third-order valence-electron chi connectivity index (χ3n) is 4.98. The molecular weight excluding hydrogens is 194 g/mol. The van der Waals surface area contributed by atoms with Gasteiger partial charge < -0.3 is 5.73 Å². The topological polar surface area (TPSA) is 26.0 Å². The van der Waals surface area contributed by atoms with Crippen LogP contribution in [0.2, 0.25) is 0 Å². The highest BCUT2D eigenvalue weighted by Crippen LogP contribution is 2.54. The quantitative estimate of drug-likeness (QED) is 0.640. The Morgan fingerprint density at radius 1 is 0.875 bits per heavy atom. The molecule has 0 bridgehead atoms. The molecule has 16 heavy (non-hydrogen) atoms. The Kier molecular flexibility index (Phi) is 5.30. The molecule has 1 aliphatic carbocycles. The summed E-state index contributed by atoms with van der Waals surface area (Å²) < 4.78 is 0. The number of unbranched alkanes of at least 4 members (excludes halogenated alkanes) is 2. The van der Waals surface area contributed by atoms with Crippen LogP contribution in [0.15, 0.2) is 0 Å². The molecule has 1 nitrogen and oxygen atoms in total. The third-order valence-corrected chi connectivity index (χ3v) is 4.98. The smallest absolute Gasteiger partial charge is 0.0216 e. The lowest BCUT2D eigenvalue weighted by Crippen LogP contribution is -2.67. The van der Waals surface area contributed by atoms with Crippen molar-refractivity contribution in [1.29, 1.82) is 0 Å². The molecule has 1 fully saturated rings. The van der Waals surface area contributed by atoms with Crippen LogP contribution in [0, 0.1) is 17.8 Å². The fourth-order valence-corrected chi connectivity index (χ4v) is 4.22. The normalized spacial score (nSPS) is 38.4. The molecule has 0 spiro atoms. The zero-order valence-corrected chi connectivity index (χ0v) is 11.8. The van der Waals surface area contributed by atoms with Crippen LogP contribution in [0.3, 0.4) is 0 Å². The van der Waals surface area contributed by atoms with Crippen molar-refractivity contribution >= 4 is 0 Å². The first kappa shape index (κ1) is 14.0. The predicted octanol–water partition coefficient (Wildman–Crippen LogP) is 4.36. The summed E-state index contributed by atoms with van der Waals surface area (Å²) in [6.45, 7) is 9.25. The molecule has 0 heterocycles. The largest absolute Gasteiger partial charge is 0.325 e. The number of nitrogens with two attached hydrogens (primary N) is 1. The molecule has 0 aromatic carbocycles. The molecule has 4 atom stereocenters. The summed E-state index contributed by atoms with van der Waals surface area (Å²) in [6.07, 6.45) is 9.12. The van der Waals surface area contributed by atoms with Crippen molar-refractivity contribution in [2.75, 3.05) is 0 Å². The molecule has 2 N–H and O–H groups in total. The van der Waals surface area contributed by atoms with E-state index in [1.807, 2.05) is 0 Å². The van der Waals surface area contributed by atoms with Gasteiger partial charge in [-0.2, -0.15) is 0 Å². The summed E-state index contributed by atoms with van der Waals surface area (Å²) in [6, 6.07) is 0. The van der Waals surface area contributed by atoms with Crippen LogP contribution in [0.5, 0.6) is 0 Å². The molecule has 0 aliphatic heterocycles. The van der Waals surface area contributed by atoms with E-state index >= 15 is 0 Å². The van der Waals surface area contributed by atoms with Crippen molar-refractivity contribution in [2.45, 2.75) is 78.2 Å². The first-order chi connectivity index (χ1) is 7.65. The van der Waals surface area contributed by atoms with Crippen LogP contribution in [0.1, 0.15) is 72.6 Å². The lowest BCUT2D eigenvalue weighted by molar-refractivity contribution is -0.0639. The second-order valence-electron chi connectivity index (χ2n) is 5.67. The zero-order chi connectivity index (χ0) is 12.2. The Morgan fingerprint density at radius 2 is 1.44 bits per heavy atom. The van der Waals surface area contributed by atoms with Gasteiger partial charge in [0.1, 0.15) is 0 Å². The summed E-state index contributed by atoms with van der Waals surface area (Å²) in [5.74, 6) is 2.49. The van der Waals surface area contributed by atoms with E-state index < -0.39 is 0 Å². The lowest BCUT2D eigenvalue weighted by Gasteiger charge is -2.60. The number of hydrogen-bond donors (Lipinski definition) is 1. The summed E-state index contributed by atoms with van der Waals surface area (Å²) in [4.78, 5) is 0. The van der Waals surface area contributed by atoms with Crippen molar-refractivity contribution in [1.82, 2.24) is 0 Å². The maximum Gasteiger partial charge on any atom is 0.0216 e. The molecular formula is C15H31N. The highest BCUT2D eigenvalue weighted by molar-refractivity contribution is 5.10. The third kappa shape index (κ3) is 2.30. The Morgan fingerprint density at radius 3 is 1.81 bits per heavy atom. The van der Waals surface area contributed by atoms with Crippen molar-refractivity contribution in [3.63, 3.8) is 0 Å². The highest BCUT2D eigenvalue weighted by atomic mass is 14.9. The van der Waals surface area contributed by atoms with Crippen LogP contribution >= 0.6 is 0 Å². The second-order valence-corrected chi connectivity index (χ2v) is 5.67. The average Bonchev–Trinajstić information content (AvgIpc) is 2.27. The minimum Gasteiger partial charge on any atom is -0.325 e. The van der Waals surface area contributed by atoms with Crippen molar-refractivity contribution in [3.05, 3.63) is 0 Å². The monoisotopic (exact) mass is 225 g/mol. The fraction of sp³-hybridized carbons (Fsp3) is 1.00. The van der Waals surface area contributed by atoms with Gasteiger partial charge in [0, 0.05) is 5.54 Å². The van der Waals surface area contributed by atoms with Gasteiger partial charge in [0.05, 0.1) is 0 Å². The van der Waals surface area contributed by atoms with Gasteiger partial charge in [-0.25, -0.2) is 0 Å². The van der Waals surface area contributed by atoms with Gasteiger partial charge in [0.15, 0.2) is 0 Å². The standard InChI is InChI=1S/C15H31N/c1-5-9-10-11-15(16)13(7-3)12(6-2)14(15)8-4/h12-14H,5-11,16H2,1-4H3/t12?,13-,14?,15?/m1/s1. The Balaban J connectivity index is 2.60. The van der Waals surface area contributed by atoms with Crippen LogP contribution in [0.25, 0.3) is 0 Å². The van der Waals surface area contributed by atoms with Gasteiger partial charge in [0.2, 0.25) is 0 Å². The highest BCUT2D eigenvalue weighted by Gasteiger charge is 2.55. The fourth-order valence-electron chi connectivity index (χ4n) is 4.22. The van der Waals surface area contributed by atoms with Crippen LogP contribution in [-0.2, 0) is 0 Å². The zero-order valence-electron chi connectivity index (χ0n) is 11.8. The van der Waals surface area contributed by atoms with Gasteiger partial charge in [0.25, 0.3) is 0 Å². The van der Waals surface area contributed by atoms with Crippen LogP contribution < -0.4 is 5.73 Å². The summed E-state index contributed by atoms with van der Waals surface area (Å²) >= 11 is 0. The van der Waals surface area contributed by atoms with E-state index in [4.69, 9.17) is 5.73 Å². The van der Waals surface area contributed by atoms with E-state index in [-0.39, 0.29) is 5.54 Å². The minimum absolute atomic E-state index is 0.180. The summed E-state index contributed by atoms with van der Waals surface area (Å²) in [5, 5.41) is 0. The predicted molar refractivity (Wildman–Crippen MR) is 72.4 cm³/mol. The van der Waals surface area contributed by atoms with Gasteiger partial charge in [-0.3, -0.25) is 0 Å². The van der Waals surface area contributed by atoms with Crippen LogP contribution in [0.4, 0.5) is 0 Å².